The lowest BCUT2D eigenvalue weighted by Crippen LogP contribution is -2.15. The Labute approximate surface area is 140 Å². The maximum atomic E-state index is 12.6. The summed E-state index contributed by atoms with van der Waals surface area (Å²) in [6.07, 6.45) is 0. The maximum absolute atomic E-state index is 12.6. The number of hydrogen-bond donors (Lipinski definition) is 1. The van der Waals surface area contributed by atoms with Crippen molar-refractivity contribution in [3.05, 3.63) is 53.1 Å². The van der Waals surface area contributed by atoms with Gasteiger partial charge in [0.2, 0.25) is 0 Å². The minimum Gasteiger partial charge on any atom is -0.496 e. The molecule has 1 amide bonds. The molecule has 2 rings (SSSR count). The molecule has 0 aliphatic rings. The molecule has 0 saturated carbocycles. The molecule has 0 fully saturated rings. The van der Waals surface area contributed by atoms with E-state index < -0.39 is 5.97 Å². The summed E-state index contributed by atoms with van der Waals surface area (Å²) in [6, 6.07) is 10.0. The van der Waals surface area contributed by atoms with Crippen molar-refractivity contribution in [2.45, 2.75) is 6.92 Å². The summed E-state index contributed by atoms with van der Waals surface area (Å²) in [7, 11) is 4.30. The highest BCUT2D eigenvalue weighted by Gasteiger charge is 2.19. The average molecular weight is 329 g/mol. The molecule has 24 heavy (non-hydrogen) atoms. The van der Waals surface area contributed by atoms with E-state index in [2.05, 4.69) is 10.1 Å². The number of anilines is 1. The number of benzene rings is 2. The molecule has 2 aromatic carbocycles. The summed E-state index contributed by atoms with van der Waals surface area (Å²) in [4.78, 5) is 24.2. The molecule has 6 nitrogen and oxygen atoms in total. The number of nitrogens with one attached hydrogen (secondary N) is 1. The van der Waals surface area contributed by atoms with E-state index in [1.807, 2.05) is 0 Å². The molecule has 6 heteroatoms. The largest absolute Gasteiger partial charge is 0.496 e. The molecule has 2 aromatic rings. The second-order valence-corrected chi connectivity index (χ2v) is 5.01. The number of hydrogen-bond acceptors (Lipinski definition) is 5. The van der Waals surface area contributed by atoms with E-state index in [4.69, 9.17) is 9.47 Å². The van der Waals surface area contributed by atoms with E-state index in [0.717, 1.165) is 5.56 Å². The second kappa shape index (κ2) is 7.50. The molecule has 0 aromatic heterocycles. The van der Waals surface area contributed by atoms with E-state index in [0.29, 0.717) is 28.3 Å². The van der Waals surface area contributed by atoms with Gasteiger partial charge in [0.15, 0.2) is 0 Å². The molecule has 1 N–H and O–H groups in total. The molecule has 0 aliphatic heterocycles. The van der Waals surface area contributed by atoms with Crippen LogP contribution in [0.25, 0.3) is 0 Å². The lowest BCUT2D eigenvalue weighted by atomic mass is 10.1. The number of methoxy groups -OCH3 is 3. The van der Waals surface area contributed by atoms with Crippen LogP contribution in [0.4, 0.5) is 5.69 Å². The van der Waals surface area contributed by atoms with Gasteiger partial charge < -0.3 is 19.5 Å². The van der Waals surface area contributed by atoms with Gasteiger partial charge in [0.1, 0.15) is 17.1 Å². The number of aryl methyl sites for hydroxylation is 1. The lowest BCUT2D eigenvalue weighted by Gasteiger charge is -2.14. The van der Waals surface area contributed by atoms with Crippen LogP contribution in [-0.4, -0.2) is 33.2 Å². The van der Waals surface area contributed by atoms with E-state index >= 15 is 0 Å². The van der Waals surface area contributed by atoms with Gasteiger partial charge in [-0.25, -0.2) is 4.79 Å². The zero-order valence-electron chi connectivity index (χ0n) is 14.0. The SMILES string of the molecule is COC(=O)c1ccc(NC(=O)c2c(OC)cccc2OC)c(C)c1. The number of carbonyl (C=O) groups excluding carboxylic acids is 2. The third-order valence-electron chi connectivity index (χ3n) is 3.55. The summed E-state index contributed by atoms with van der Waals surface area (Å²) in [5.74, 6) is 0.0342. The standard InChI is InChI=1S/C18H19NO5/c1-11-10-12(18(21)24-4)8-9-13(11)19-17(20)16-14(22-2)6-5-7-15(16)23-3/h5-10H,1-4H3,(H,19,20). The average Bonchev–Trinajstić information content (AvgIpc) is 2.61. The molecule has 0 aliphatic carbocycles. The van der Waals surface area contributed by atoms with Crippen molar-refractivity contribution in [1.82, 2.24) is 0 Å². The summed E-state index contributed by atoms with van der Waals surface area (Å²) < 4.78 is 15.2. The number of rotatable bonds is 5. The first-order chi connectivity index (χ1) is 11.5. The third-order valence-corrected chi connectivity index (χ3v) is 3.55. The molecular weight excluding hydrogens is 310 g/mol. The van der Waals surface area contributed by atoms with Crippen LogP contribution in [0.5, 0.6) is 11.5 Å². The Morgan fingerprint density at radius 3 is 2.08 bits per heavy atom. The van der Waals surface area contributed by atoms with Crippen LogP contribution in [0.2, 0.25) is 0 Å². The zero-order chi connectivity index (χ0) is 17.7. The van der Waals surface area contributed by atoms with E-state index in [9.17, 15) is 9.59 Å². The normalized spacial score (nSPS) is 10.0. The highest BCUT2D eigenvalue weighted by atomic mass is 16.5. The Balaban J connectivity index is 2.32. The molecule has 0 saturated heterocycles. The molecule has 0 spiro atoms. The molecular formula is C18H19NO5. The third kappa shape index (κ3) is 3.48. The number of carbonyl (C=O) groups is 2. The predicted molar refractivity (Wildman–Crippen MR) is 90.0 cm³/mol. The minimum atomic E-state index is -0.428. The molecule has 0 bridgehead atoms. The van der Waals surface area contributed by atoms with Gasteiger partial charge in [-0.1, -0.05) is 6.07 Å². The lowest BCUT2D eigenvalue weighted by molar-refractivity contribution is 0.0600. The van der Waals surface area contributed by atoms with E-state index in [-0.39, 0.29) is 5.91 Å². The molecule has 0 heterocycles. The van der Waals surface area contributed by atoms with Gasteiger partial charge in [0.05, 0.1) is 26.9 Å². The van der Waals surface area contributed by atoms with Crippen molar-refractivity contribution in [1.29, 1.82) is 0 Å². The highest BCUT2D eigenvalue weighted by molar-refractivity contribution is 6.08. The van der Waals surface area contributed by atoms with Crippen LogP contribution in [0, 0.1) is 6.92 Å². The van der Waals surface area contributed by atoms with Gasteiger partial charge in [-0.05, 0) is 42.8 Å². The van der Waals surface area contributed by atoms with Crippen molar-refractivity contribution < 1.29 is 23.8 Å². The summed E-state index contributed by atoms with van der Waals surface area (Å²) in [5.41, 5.74) is 2.04. The van der Waals surface area contributed by atoms with Crippen LogP contribution >= 0.6 is 0 Å². The monoisotopic (exact) mass is 329 g/mol. The van der Waals surface area contributed by atoms with Crippen LogP contribution in [-0.2, 0) is 4.74 Å². The zero-order valence-corrected chi connectivity index (χ0v) is 14.0. The Kier molecular flexibility index (Phi) is 5.42. The Morgan fingerprint density at radius 2 is 1.58 bits per heavy atom. The number of amides is 1. The first kappa shape index (κ1) is 17.3. The van der Waals surface area contributed by atoms with Crippen molar-refractivity contribution in [2.24, 2.45) is 0 Å². The Hall–Kier alpha value is -3.02. The van der Waals surface area contributed by atoms with Gasteiger partial charge in [-0.3, -0.25) is 4.79 Å². The Bertz CT molecular complexity index is 748. The van der Waals surface area contributed by atoms with Crippen molar-refractivity contribution in [3.8, 4) is 11.5 Å². The number of ether oxygens (including phenoxy) is 3. The quantitative estimate of drug-likeness (QED) is 0.854. The predicted octanol–water partition coefficient (Wildman–Crippen LogP) is 3.05. The summed E-state index contributed by atoms with van der Waals surface area (Å²) >= 11 is 0. The van der Waals surface area contributed by atoms with Gasteiger partial charge in [0.25, 0.3) is 5.91 Å². The van der Waals surface area contributed by atoms with Crippen molar-refractivity contribution >= 4 is 17.6 Å². The smallest absolute Gasteiger partial charge is 0.337 e. The fourth-order valence-electron chi connectivity index (χ4n) is 2.31. The van der Waals surface area contributed by atoms with Crippen LogP contribution in [0.3, 0.4) is 0 Å². The first-order valence-electron chi connectivity index (χ1n) is 7.23. The first-order valence-corrected chi connectivity index (χ1v) is 7.23. The maximum Gasteiger partial charge on any atom is 0.337 e. The summed E-state index contributed by atoms with van der Waals surface area (Å²) in [6.45, 7) is 1.79. The van der Waals surface area contributed by atoms with Crippen LogP contribution in [0.15, 0.2) is 36.4 Å². The van der Waals surface area contributed by atoms with E-state index in [1.165, 1.54) is 21.3 Å². The van der Waals surface area contributed by atoms with Gasteiger partial charge in [0, 0.05) is 5.69 Å². The van der Waals surface area contributed by atoms with Crippen LogP contribution in [0.1, 0.15) is 26.3 Å². The van der Waals surface area contributed by atoms with Gasteiger partial charge in [-0.15, -0.1) is 0 Å². The second-order valence-electron chi connectivity index (χ2n) is 5.01. The molecule has 126 valence electrons. The van der Waals surface area contributed by atoms with Crippen molar-refractivity contribution in [3.63, 3.8) is 0 Å². The number of esters is 1. The van der Waals surface area contributed by atoms with Gasteiger partial charge in [-0.2, -0.15) is 0 Å². The van der Waals surface area contributed by atoms with Gasteiger partial charge >= 0.3 is 5.97 Å². The van der Waals surface area contributed by atoms with Crippen molar-refractivity contribution in [2.75, 3.05) is 26.6 Å². The summed E-state index contributed by atoms with van der Waals surface area (Å²) in [5, 5.41) is 2.81. The fourth-order valence-corrected chi connectivity index (χ4v) is 2.31. The molecule has 0 radical (unpaired) electrons. The Morgan fingerprint density at radius 1 is 0.958 bits per heavy atom. The van der Waals surface area contributed by atoms with E-state index in [1.54, 1.807) is 43.3 Å². The molecule has 0 unspecified atom stereocenters. The molecule has 0 atom stereocenters. The van der Waals surface area contributed by atoms with Crippen LogP contribution < -0.4 is 14.8 Å². The highest BCUT2D eigenvalue weighted by Crippen LogP contribution is 2.29. The minimum absolute atomic E-state index is 0.305. The fraction of sp³-hybridized carbons (Fsp3) is 0.222. The topological polar surface area (TPSA) is 73.9 Å².